The number of likely N-dealkylation sites (tertiary alicyclic amines) is 1. The minimum atomic E-state index is -0.285. The van der Waals surface area contributed by atoms with Crippen molar-refractivity contribution in [2.75, 3.05) is 60.5 Å². The summed E-state index contributed by atoms with van der Waals surface area (Å²) in [6.45, 7) is 5.63. The van der Waals surface area contributed by atoms with Gasteiger partial charge in [-0.25, -0.2) is 0 Å². The number of piperidine rings is 1. The maximum Gasteiger partial charge on any atom is 0.191 e. The van der Waals surface area contributed by atoms with E-state index < -0.39 is 0 Å². The topological polar surface area (TPSA) is 73.4 Å². The standard InChI is InChI=1S/C25H38N6O2.HI/c1-26-25(29-18-22(32-2)33-3)28-11-16-30-13-8-20(9-14-30)23-21-7-5-4-6-19(21)10-15-31-17-12-27-24(23)31;/h4-7,12,17,22,24,27H,8-11,13-16,18H2,1-3H3,(H2,26,28,29);1H. The quantitative estimate of drug-likeness (QED) is 0.197. The fourth-order valence-corrected chi connectivity index (χ4v) is 4.96. The zero-order valence-electron chi connectivity index (χ0n) is 20.5. The third-order valence-corrected chi connectivity index (χ3v) is 6.82. The van der Waals surface area contributed by atoms with E-state index in [1.807, 2.05) is 0 Å². The minimum Gasteiger partial charge on any atom is -0.366 e. The number of ether oxygens (including phenoxy) is 2. The predicted molar refractivity (Wildman–Crippen MR) is 148 cm³/mol. The van der Waals surface area contributed by atoms with Crippen LogP contribution in [0.25, 0.3) is 5.57 Å². The zero-order valence-corrected chi connectivity index (χ0v) is 22.9. The molecule has 1 aromatic carbocycles. The monoisotopic (exact) mass is 582 g/mol. The molecule has 188 valence electrons. The van der Waals surface area contributed by atoms with Crippen LogP contribution in [0.2, 0.25) is 0 Å². The van der Waals surface area contributed by atoms with Crippen molar-refractivity contribution in [3.8, 4) is 0 Å². The maximum absolute atomic E-state index is 5.22. The highest BCUT2D eigenvalue weighted by molar-refractivity contribution is 14.0. The molecule has 1 saturated heterocycles. The molecule has 34 heavy (non-hydrogen) atoms. The van der Waals surface area contributed by atoms with Gasteiger partial charge in [0.2, 0.25) is 0 Å². The number of hydrogen-bond donors (Lipinski definition) is 3. The molecule has 1 fully saturated rings. The molecular weight excluding hydrogens is 543 g/mol. The summed E-state index contributed by atoms with van der Waals surface area (Å²) in [6, 6.07) is 8.96. The van der Waals surface area contributed by atoms with Crippen LogP contribution >= 0.6 is 24.0 Å². The minimum absolute atomic E-state index is 0. The summed E-state index contributed by atoms with van der Waals surface area (Å²) < 4.78 is 10.4. The van der Waals surface area contributed by atoms with Gasteiger partial charge >= 0.3 is 0 Å². The first-order chi connectivity index (χ1) is 16.2. The molecule has 0 amide bonds. The third-order valence-electron chi connectivity index (χ3n) is 6.82. The zero-order chi connectivity index (χ0) is 23.0. The first-order valence-electron chi connectivity index (χ1n) is 11.9. The SMILES string of the molecule is CN=C(NCCN1CCC(=C2c3ccccc3CCN3C=CNC23)CC1)NCC(OC)OC.I. The second-order valence-electron chi connectivity index (χ2n) is 8.67. The Kier molecular flexibility index (Phi) is 10.5. The number of methoxy groups -OCH3 is 2. The van der Waals surface area contributed by atoms with Crippen molar-refractivity contribution in [2.45, 2.75) is 31.7 Å². The Morgan fingerprint density at radius 2 is 1.88 bits per heavy atom. The van der Waals surface area contributed by atoms with Crippen LogP contribution in [0.5, 0.6) is 0 Å². The van der Waals surface area contributed by atoms with Gasteiger partial charge in [0.1, 0.15) is 6.17 Å². The lowest BCUT2D eigenvalue weighted by molar-refractivity contribution is -0.0966. The molecular formula is C25H39IN6O2. The van der Waals surface area contributed by atoms with Crippen LogP contribution in [0, 0.1) is 0 Å². The van der Waals surface area contributed by atoms with E-state index in [0.29, 0.717) is 6.54 Å². The summed E-state index contributed by atoms with van der Waals surface area (Å²) in [5, 5.41) is 10.2. The first-order valence-corrected chi connectivity index (χ1v) is 11.9. The molecule has 1 unspecified atom stereocenters. The van der Waals surface area contributed by atoms with Gasteiger partial charge in [-0.2, -0.15) is 0 Å². The van der Waals surface area contributed by atoms with Crippen molar-refractivity contribution in [1.29, 1.82) is 0 Å². The van der Waals surface area contributed by atoms with E-state index in [0.717, 1.165) is 57.9 Å². The van der Waals surface area contributed by atoms with Gasteiger partial charge in [0, 0.05) is 72.0 Å². The highest BCUT2D eigenvalue weighted by Crippen LogP contribution is 2.36. The first kappa shape index (κ1) is 26.8. The average molecular weight is 583 g/mol. The molecule has 9 heteroatoms. The Balaban J connectivity index is 0.00000324. The number of fused-ring (bicyclic) bond motifs is 2. The van der Waals surface area contributed by atoms with E-state index in [-0.39, 0.29) is 36.4 Å². The average Bonchev–Trinajstić information content (AvgIpc) is 3.26. The molecule has 3 aliphatic heterocycles. The summed E-state index contributed by atoms with van der Waals surface area (Å²) >= 11 is 0. The maximum atomic E-state index is 5.22. The van der Waals surface area contributed by atoms with Gasteiger partial charge in [0.15, 0.2) is 12.2 Å². The smallest absolute Gasteiger partial charge is 0.191 e. The number of nitrogens with zero attached hydrogens (tertiary/aromatic N) is 3. The van der Waals surface area contributed by atoms with Crippen LogP contribution in [-0.2, 0) is 15.9 Å². The summed E-state index contributed by atoms with van der Waals surface area (Å²) in [5.41, 5.74) is 6.01. The Hall–Kier alpha value is -1.82. The summed E-state index contributed by atoms with van der Waals surface area (Å²) in [7, 11) is 5.05. The molecule has 0 bridgehead atoms. The van der Waals surface area contributed by atoms with Crippen LogP contribution in [0.15, 0.2) is 47.2 Å². The van der Waals surface area contributed by atoms with Gasteiger partial charge in [-0.05, 0) is 30.4 Å². The predicted octanol–water partition coefficient (Wildman–Crippen LogP) is 2.20. The Morgan fingerprint density at radius 1 is 1.12 bits per heavy atom. The Bertz CT molecular complexity index is 876. The lowest BCUT2D eigenvalue weighted by Crippen LogP contribution is -2.45. The normalized spacial score (nSPS) is 20.4. The second-order valence-corrected chi connectivity index (χ2v) is 8.67. The molecule has 1 atom stereocenters. The van der Waals surface area contributed by atoms with E-state index in [1.165, 1.54) is 16.7 Å². The summed E-state index contributed by atoms with van der Waals surface area (Å²) in [5.74, 6) is 0.767. The van der Waals surface area contributed by atoms with E-state index >= 15 is 0 Å². The Morgan fingerprint density at radius 3 is 2.62 bits per heavy atom. The van der Waals surface area contributed by atoms with Crippen molar-refractivity contribution >= 4 is 35.5 Å². The molecule has 8 nitrogen and oxygen atoms in total. The van der Waals surface area contributed by atoms with E-state index in [1.54, 1.807) is 26.8 Å². The number of benzene rings is 1. The van der Waals surface area contributed by atoms with Crippen LogP contribution in [0.3, 0.4) is 0 Å². The van der Waals surface area contributed by atoms with E-state index in [4.69, 9.17) is 9.47 Å². The van der Waals surface area contributed by atoms with Gasteiger partial charge < -0.3 is 35.2 Å². The van der Waals surface area contributed by atoms with E-state index in [9.17, 15) is 0 Å². The second kappa shape index (κ2) is 13.3. The van der Waals surface area contributed by atoms with Gasteiger partial charge in [-0.15, -0.1) is 24.0 Å². The molecule has 3 N–H and O–H groups in total. The molecule has 0 aliphatic carbocycles. The van der Waals surface area contributed by atoms with Gasteiger partial charge in [0.25, 0.3) is 0 Å². The van der Waals surface area contributed by atoms with Gasteiger partial charge in [-0.1, -0.05) is 29.8 Å². The van der Waals surface area contributed by atoms with Crippen molar-refractivity contribution in [3.05, 3.63) is 53.4 Å². The third kappa shape index (κ3) is 6.44. The van der Waals surface area contributed by atoms with Crippen molar-refractivity contribution in [3.63, 3.8) is 0 Å². The molecule has 0 saturated carbocycles. The van der Waals surface area contributed by atoms with Gasteiger partial charge in [-0.3, -0.25) is 4.99 Å². The Labute approximate surface area is 220 Å². The molecule has 4 rings (SSSR count). The highest BCUT2D eigenvalue weighted by atomic mass is 127. The molecule has 0 aromatic heterocycles. The van der Waals surface area contributed by atoms with Crippen molar-refractivity contribution < 1.29 is 9.47 Å². The molecule has 0 spiro atoms. The molecule has 0 radical (unpaired) electrons. The molecule has 1 aromatic rings. The number of guanidine groups is 1. The largest absolute Gasteiger partial charge is 0.366 e. The summed E-state index contributed by atoms with van der Waals surface area (Å²) in [6.07, 6.45) is 7.62. The van der Waals surface area contributed by atoms with Crippen LogP contribution in [-0.4, -0.2) is 88.8 Å². The summed E-state index contributed by atoms with van der Waals surface area (Å²) in [4.78, 5) is 9.28. The fourth-order valence-electron chi connectivity index (χ4n) is 4.96. The van der Waals surface area contributed by atoms with Gasteiger partial charge in [0.05, 0.1) is 6.54 Å². The molecule has 3 aliphatic rings. The van der Waals surface area contributed by atoms with Crippen LogP contribution in [0.1, 0.15) is 24.0 Å². The lowest BCUT2D eigenvalue weighted by Gasteiger charge is -2.33. The van der Waals surface area contributed by atoms with Crippen molar-refractivity contribution in [1.82, 2.24) is 25.8 Å². The molecule has 3 heterocycles. The number of aliphatic imine (C=N–C) groups is 1. The number of halogens is 1. The van der Waals surface area contributed by atoms with E-state index in [2.05, 4.69) is 67.4 Å². The number of hydrogen-bond acceptors (Lipinski definition) is 6. The lowest BCUT2D eigenvalue weighted by atomic mass is 9.89. The highest BCUT2D eigenvalue weighted by Gasteiger charge is 2.31. The van der Waals surface area contributed by atoms with Crippen LogP contribution in [0.4, 0.5) is 0 Å². The number of rotatable bonds is 7. The van der Waals surface area contributed by atoms with Crippen molar-refractivity contribution in [2.24, 2.45) is 4.99 Å². The fraction of sp³-hybridized carbons (Fsp3) is 0.560. The number of nitrogens with one attached hydrogen (secondary N) is 3. The van der Waals surface area contributed by atoms with Crippen LogP contribution < -0.4 is 16.0 Å².